The van der Waals surface area contributed by atoms with Gasteiger partial charge in [-0.15, -0.1) is 6.58 Å². The van der Waals surface area contributed by atoms with Crippen LogP contribution in [0.2, 0.25) is 0 Å². The van der Waals surface area contributed by atoms with Crippen LogP contribution < -0.4 is 0 Å². The molecule has 0 aromatic carbocycles. The molecule has 2 heterocycles. The van der Waals surface area contributed by atoms with Crippen LogP contribution in [0.4, 0.5) is 0 Å². The highest BCUT2D eigenvalue weighted by Crippen LogP contribution is 2.35. The van der Waals surface area contributed by atoms with Crippen molar-refractivity contribution in [1.82, 2.24) is 14.5 Å². The minimum atomic E-state index is -0.687. The smallest absolute Gasteiger partial charge is 0.311 e. The van der Waals surface area contributed by atoms with Crippen LogP contribution in [0.15, 0.2) is 25.2 Å². The topological polar surface area (TPSA) is 58.4 Å². The van der Waals surface area contributed by atoms with E-state index < -0.39 is 11.4 Å². The van der Waals surface area contributed by atoms with Crippen molar-refractivity contribution in [2.24, 2.45) is 5.41 Å². The van der Waals surface area contributed by atoms with Crippen LogP contribution in [0.25, 0.3) is 0 Å². The summed E-state index contributed by atoms with van der Waals surface area (Å²) in [6.45, 7) is 6.12. The number of likely N-dealkylation sites (tertiary alicyclic amines) is 1. The number of allylic oxidation sites excluding steroid dienone is 1. The maximum Gasteiger partial charge on any atom is 0.311 e. The average Bonchev–Trinajstić information content (AvgIpc) is 3.04. The van der Waals surface area contributed by atoms with E-state index >= 15 is 0 Å². The van der Waals surface area contributed by atoms with Crippen LogP contribution in [-0.4, -0.2) is 38.6 Å². The fraction of sp³-hybridized carbons (Fsp3) is 0.684. The predicted molar refractivity (Wildman–Crippen MR) is 93.7 cm³/mol. The molecule has 5 nitrogen and oxygen atoms in total. The van der Waals surface area contributed by atoms with Crippen molar-refractivity contribution in [2.45, 2.75) is 64.0 Å². The first-order valence-electron chi connectivity index (χ1n) is 9.22. The molecule has 1 N–H and O–H groups in total. The molecule has 1 saturated carbocycles. The number of carboxylic acid groups (broad SMARTS) is 1. The van der Waals surface area contributed by atoms with Crippen LogP contribution in [0, 0.1) is 5.41 Å². The van der Waals surface area contributed by atoms with Gasteiger partial charge in [0.1, 0.15) is 0 Å². The quantitative estimate of drug-likeness (QED) is 0.809. The SMILES string of the molecule is C=CC[C@]1(C(=O)O)CCCN(Cc2cncn2C2CCCCC2)C1. The third kappa shape index (κ3) is 3.56. The fourth-order valence-corrected chi connectivity index (χ4v) is 4.44. The maximum atomic E-state index is 11.8. The Balaban J connectivity index is 1.71. The second-order valence-corrected chi connectivity index (χ2v) is 7.48. The summed E-state index contributed by atoms with van der Waals surface area (Å²) in [4.78, 5) is 18.5. The minimum Gasteiger partial charge on any atom is -0.481 e. The second-order valence-electron chi connectivity index (χ2n) is 7.48. The summed E-state index contributed by atoms with van der Waals surface area (Å²) >= 11 is 0. The van der Waals surface area contributed by atoms with E-state index in [2.05, 4.69) is 21.0 Å². The van der Waals surface area contributed by atoms with E-state index in [1.165, 1.54) is 37.8 Å². The Kier molecular flexibility index (Phi) is 5.39. The molecular formula is C19H29N3O2. The summed E-state index contributed by atoms with van der Waals surface area (Å²) in [5.74, 6) is -0.687. The van der Waals surface area contributed by atoms with Crippen molar-refractivity contribution in [3.8, 4) is 0 Å². The first-order valence-corrected chi connectivity index (χ1v) is 9.22. The van der Waals surface area contributed by atoms with E-state index in [0.29, 0.717) is 19.0 Å². The van der Waals surface area contributed by atoms with Gasteiger partial charge in [-0.25, -0.2) is 4.98 Å². The lowest BCUT2D eigenvalue weighted by molar-refractivity contribution is -0.152. The number of hydrogen-bond acceptors (Lipinski definition) is 3. The molecule has 5 heteroatoms. The first-order chi connectivity index (χ1) is 11.6. The fourth-order valence-electron chi connectivity index (χ4n) is 4.44. The van der Waals surface area contributed by atoms with Crippen LogP contribution in [0.1, 0.15) is 63.1 Å². The van der Waals surface area contributed by atoms with Crippen LogP contribution >= 0.6 is 0 Å². The molecule has 1 atom stereocenters. The van der Waals surface area contributed by atoms with E-state index in [0.717, 1.165) is 25.9 Å². The van der Waals surface area contributed by atoms with Gasteiger partial charge in [0.05, 0.1) is 17.4 Å². The zero-order chi connectivity index (χ0) is 17.0. The van der Waals surface area contributed by atoms with Crippen molar-refractivity contribution in [2.75, 3.05) is 13.1 Å². The third-order valence-corrected chi connectivity index (χ3v) is 5.74. The molecule has 1 saturated heterocycles. The molecule has 132 valence electrons. The second kappa shape index (κ2) is 7.51. The van der Waals surface area contributed by atoms with Crippen LogP contribution in [0.3, 0.4) is 0 Å². The number of nitrogens with zero attached hydrogens (tertiary/aromatic N) is 3. The molecule has 2 fully saturated rings. The third-order valence-electron chi connectivity index (χ3n) is 5.74. The zero-order valence-electron chi connectivity index (χ0n) is 14.5. The van der Waals surface area contributed by atoms with Crippen molar-refractivity contribution >= 4 is 5.97 Å². The molecule has 2 aliphatic rings. The number of hydrogen-bond donors (Lipinski definition) is 1. The highest BCUT2D eigenvalue weighted by molar-refractivity contribution is 5.75. The molecule has 1 aromatic heterocycles. The molecule has 0 unspecified atom stereocenters. The van der Waals surface area contributed by atoms with Gasteiger partial charge in [-0.05, 0) is 38.6 Å². The number of carboxylic acids is 1. The Morgan fingerprint density at radius 2 is 2.17 bits per heavy atom. The molecule has 0 bridgehead atoms. The number of rotatable bonds is 6. The number of carbonyl (C=O) groups is 1. The molecule has 0 radical (unpaired) electrons. The largest absolute Gasteiger partial charge is 0.481 e. The lowest BCUT2D eigenvalue weighted by atomic mass is 9.77. The number of aromatic nitrogens is 2. The van der Waals surface area contributed by atoms with E-state index in [1.54, 1.807) is 6.08 Å². The normalized spacial score (nSPS) is 26.3. The van der Waals surface area contributed by atoms with Gasteiger partial charge in [0, 0.05) is 25.3 Å². The number of imidazole rings is 1. The minimum absolute atomic E-state index is 0.542. The van der Waals surface area contributed by atoms with Gasteiger partial charge in [-0.3, -0.25) is 9.69 Å². The summed E-state index contributed by atoms with van der Waals surface area (Å²) in [6.07, 6.45) is 14.3. The van der Waals surface area contributed by atoms with E-state index in [1.807, 2.05) is 12.5 Å². The number of piperidine rings is 1. The molecule has 3 rings (SSSR count). The van der Waals surface area contributed by atoms with Crippen LogP contribution in [0.5, 0.6) is 0 Å². The van der Waals surface area contributed by atoms with Gasteiger partial charge < -0.3 is 9.67 Å². The standard InChI is InChI=1S/C19H29N3O2/c1-2-9-19(18(23)24)10-6-11-21(14-19)13-17-12-20-15-22(17)16-7-4-3-5-8-16/h2,12,15-16H,1,3-11,13-14H2,(H,23,24)/t19-/m0/s1. The first kappa shape index (κ1) is 17.2. The van der Waals surface area contributed by atoms with E-state index in [9.17, 15) is 9.90 Å². The lowest BCUT2D eigenvalue weighted by Gasteiger charge is -2.39. The van der Waals surface area contributed by atoms with Crippen molar-refractivity contribution in [3.05, 3.63) is 30.9 Å². The van der Waals surface area contributed by atoms with Crippen LogP contribution in [-0.2, 0) is 11.3 Å². The van der Waals surface area contributed by atoms with Gasteiger partial charge in [-0.2, -0.15) is 0 Å². The highest BCUT2D eigenvalue weighted by atomic mass is 16.4. The summed E-state index contributed by atoms with van der Waals surface area (Å²) < 4.78 is 2.34. The Bertz CT molecular complexity index is 577. The molecule has 1 aliphatic carbocycles. The van der Waals surface area contributed by atoms with E-state index in [-0.39, 0.29) is 0 Å². The maximum absolute atomic E-state index is 11.8. The van der Waals surface area contributed by atoms with E-state index in [4.69, 9.17) is 0 Å². The Morgan fingerprint density at radius 1 is 1.38 bits per heavy atom. The highest BCUT2D eigenvalue weighted by Gasteiger charge is 2.41. The summed E-state index contributed by atoms with van der Waals surface area (Å²) in [6, 6.07) is 0.568. The lowest BCUT2D eigenvalue weighted by Crippen LogP contribution is -2.47. The molecule has 1 aliphatic heterocycles. The predicted octanol–water partition coefficient (Wildman–Crippen LogP) is 3.63. The van der Waals surface area contributed by atoms with Gasteiger partial charge in [0.25, 0.3) is 0 Å². The Hall–Kier alpha value is -1.62. The molecule has 0 spiro atoms. The van der Waals surface area contributed by atoms with Gasteiger partial charge in [-0.1, -0.05) is 25.3 Å². The zero-order valence-corrected chi connectivity index (χ0v) is 14.5. The van der Waals surface area contributed by atoms with Gasteiger partial charge in [0.2, 0.25) is 0 Å². The summed E-state index contributed by atoms with van der Waals surface area (Å²) in [5.41, 5.74) is 0.553. The average molecular weight is 331 g/mol. The summed E-state index contributed by atoms with van der Waals surface area (Å²) in [5, 5.41) is 9.73. The van der Waals surface area contributed by atoms with Crippen molar-refractivity contribution in [1.29, 1.82) is 0 Å². The van der Waals surface area contributed by atoms with Crippen molar-refractivity contribution < 1.29 is 9.90 Å². The molecular weight excluding hydrogens is 302 g/mol. The van der Waals surface area contributed by atoms with Crippen molar-refractivity contribution in [3.63, 3.8) is 0 Å². The molecule has 24 heavy (non-hydrogen) atoms. The Morgan fingerprint density at radius 3 is 2.88 bits per heavy atom. The van der Waals surface area contributed by atoms with Gasteiger partial charge in [0.15, 0.2) is 0 Å². The summed E-state index contributed by atoms with van der Waals surface area (Å²) in [7, 11) is 0. The monoisotopic (exact) mass is 331 g/mol. The number of aliphatic carboxylic acids is 1. The Labute approximate surface area is 144 Å². The molecule has 0 amide bonds. The molecule has 1 aromatic rings. The van der Waals surface area contributed by atoms with Gasteiger partial charge >= 0.3 is 5.97 Å².